The van der Waals surface area contributed by atoms with E-state index >= 15 is 0 Å². The Bertz CT molecular complexity index is 209. The summed E-state index contributed by atoms with van der Waals surface area (Å²) in [6.07, 6.45) is 7.28. The molecular formula is C14H28N2. The molecule has 2 heteroatoms. The van der Waals surface area contributed by atoms with Crippen LogP contribution in [0.2, 0.25) is 0 Å². The van der Waals surface area contributed by atoms with Crippen molar-refractivity contribution in [3.63, 3.8) is 0 Å². The van der Waals surface area contributed by atoms with Crippen molar-refractivity contribution in [1.82, 2.24) is 10.2 Å². The van der Waals surface area contributed by atoms with E-state index in [-0.39, 0.29) is 0 Å². The molecule has 2 rings (SSSR count). The number of nitrogens with one attached hydrogen (secondary N) is 1. The predicted molar refractivity (Wildman–Crippen MR) is 69.7 cm³/mol. The lowest BCUT2D eigenvalue weighted by atomic mass is 9.75. The van der Waals surface area contributed by atoms with Crippen molar-refractivity contribution in [2.45, 2.75) is 46.0 Å². The summed E-state index contributed by atoms with van der Waals surface area (Å²) >= 11 is 0. The summed E-state index contributed by atoms with van der Waals surface area (Å²) in [5.74, 6) is 0.815. The first-order chi connectivity index (χ1) is 7.68. The smallest absolute Gasteiger partial charge is 0.0107 e. The highest BCUT2D eigenvalue weighted by atomic mass is 15.2. The lowest BCUT2D eigenvalue weighted by Gasteiger charge is -2.38. The van der Waals surface area contributed by atoms with E-state index < -0.39 is 0 Å². The van der Waals surface area contributed by atoms with Crippen LogP contribution in [0.5, 0.6) is 0 Å². The Morgan fingerprint density at radius 2 is 2.00 bits per heavy atom. The molecule has 0 aromatic carbocycles. The lowest BCUT2D eigenvalue weighted by molar-refractivity contribution is 0.119. The second kappa shape index (κ2) is 5.50. The molecule has 2 aliphatic rings. The third kappa shape index (κ3) is 3.46. The van der Waals surface area contributed by atoms with Crippen LogP contribution in [-0.2, 0) is 0 Å². The highest BCUT2D eigenvalue weighted by Crippen LogP contribution is 2.36. The highest BCUT2D eigenvalue weighted by molar-refractivity contribution is 4.83. The largest absolute Gasteiger partial charge is 0.315 e. The minimum atomic E-state index is 0.613. The first-order valence-corrected chi connectivity index (χ1v) is 7.11. The van der Waals surface area contributed by atoms with Gasteiger partial charge in [0.25, 0.3) is 0 Å². The molecule has 1 aliphatic carbocycles. The van der Waals surface area contributed by atoms with E-state index in [1.807, 2.05) is 0 Å². The van der Waals surface area contributed by atoms with Crippen molar-refractivity contribution in [2.75, 3.05) is 32.7 Å². The van der Waals surface area contributed by atoms with Gasteiger partial charge in [-0.15, -0.1) is 0 Å². The Morgan fingerprint density at radius 3 is 2.75 bits per heavy atom. The van der Waals surface area contributed by atoms with Crippen LogP contribution in [0.3, 0.4) is 0 Å². The van der Waals surface area contributed by atoms with Crippen molar-refractivity contribution >= 4 is 0 Å². The summed E-state index contributed by atoms with van der Waals surface area (Å²) in [6, 6.07) is 0. The topological polar surface area (TPSA) is 15.3 Å². The number of nitrogens with zero attached hydrogens (tertiary/aromatic N) is 1. The van der Waals surface area contributed by atoms with Crippen LogP contribution >= 0.6 is 0 Å². The van der Waals surface area contributed by atoms with Gasteiger partial charge < -0.3 is 10.2 Å². The third-order valence-corrected chi connectivity index (χ3v) is 4.33. The van der Waals surface area contributed by atoms with E-state index in [4.69, 9.17) is 0 Å². The number of rotatable bonds is 2. The summed E-state index contributed by atoms with van der Waals surface area (Å²) in [7, 11) is 0. The second-order valence-corrected chi connectivity index (χ2v) is 6.42. The second-order valence-electron chi connectivity index (χ2n) is 6.42. The fourth-order valence-electron chi connectivity index (χ4n) is 3.43. The Hall–Kier alpha value is -0.0800. The quantitative estimate of drug-likeness (QED) is 0.775. The van der Waals surface area contributed by atoms with Crippen LogP contribution in [0.25, 0.3) is 0 Å². The van der Waals surface area contributed by atoms with Crippen molar-refractivity contribution in [2.24, 2.45) is 11.3 Å². The molecule has 1 N–H and O–H groups in total. The van der Waals surface area contributed by atoms with E-state index in [0.717, 1.165) is 5.92 Å². The van der Waals surface area contributed by atoms with Gasteiger partial charge >= 0.3 is 0 Å². The maximum Gasteiger partial charge on any atom is 0.0107 e. The molecule has 2 fully saturated rings. The van der Waals surface area contributed by atoms with Crippen LogP contribution in [0.15, 0.2) is 0 Å². The molecule has 1 atom stereocenters. The van der Waals surface area contributed by atoms with E-state index in [9.17, 15) is 0 Å². The zero-order valence-electron chi connectivity index (χ0n) is 11.1. The molecule has 0 radical (unpaired) electrons. The van der Waals surface area contributed by atoms with Gasteiger partial charge in [-0.3, -0.25) is 0 Å². The molecule has 0 amide bonds. The summed E-state index contributed by atoms with van der Waals surface area (Å²) < 4.78 is 0. The Labute approximate surface area is 101 Å². The van der Waals surface area contributed by atoms with Gasteiger partial charge in [0.15, 0.2) is 0 Å². The maximum absolute atomic E-state index is 3.54. The molecule has 16 heavy (non-hydrogen) atoms. The van der Waals surface area contributed by atoms with Crippen LogP contribution in [0.4, 0.5) is 0 Å². The van der Waals surface area contributed by atoms with Gasteiger partial charge in [0.05, 0.1) is 0 Å². The molecule has 1 saturated heterocycles. The average molecular weight is 224 g/mol. The molecule has 1 heterocycles. The standard InChI is InChI=1S/C14H28N2/c1-13-10-15-8-9-16(11-13)12-14(2)6-4-3-5-7-14/h13,15H,3-12H2,1-2H3. The zero-order chi connectivity index (χ0) is 11.4. The van der Waals surface area contributed by atoms with Gasteiger partial charge in [0.2, 0.25) is 0 Å². The summed E-state index contributed by atoms with van der Waals surface area (Å²) in [5.41, 5.74) is 0.613. The van der Waals surface area contributed by atoms with Gasteiger partial charge in [-0.1, -0.05) is 33.1 Å². The van der Waals surface area contributed by atoms with Crippen LogP contribution in [0.1, 0.15) is 46.0 Å². The van der Waals surface area contributed by atoms with E-state index in [2.05, 4.69) is 24.1 Å². The Morgan fingerprint density at radius 1 is 1.25 bits per heavy atom. The summed E-state index contributed by atoms with van der Waals surface area (Å²) in [5, 5.41) is 3.54. The first kappa shape index (κ1) is 12.4. The molecule has 2 nitrogen and oxygen atoms in total. The van der Waals surface area contributed by atoms with Crippen molar-refractivity contribution < 1.29 is 0 Å². The van der Waals surface area contributed by atoms with Crippen LogP contribution in [-0.4, -0.2) is 37.6 Å². The minimum absolute atomic E-state index is 0.613. The summed E-state index contributed by atoms with van der Waals surface area (Å²) in [6.45, 7) is 11.1. The van der Waals surface area contributed by atoms with Crippen molar-refractivity contribution in [1.29, 1.82) is 0 Å². The molecule has 0 aromatic heterocycles. The first-order valence-electron chi connectivity index (χ1n) is 7.11. The van der Waals surface area contributed by atoms with Gasteiger partial charge in [0.1, 0.15) is 0 Å². The molecule has 0 aromatic rings. The predicted octanol–water partition coefficient (Wildman–Crippen LogP) is 2.50. The van der Waals surface area contributed by atoms with Crippen LogP contribution in [0, 0.1) is 11.3 Å². The minimum Gasteiger partial charge on any atom is -0.315 e. The van der Waals surface area contributed by atoms with Gasteiger partial charge in [-0.05, 0) is 30.7 Å². The fraction of sp³-hybridized carbons (Fsp3) is 1.00. The van der Waals surface area contributed by atoms with E-state index in [1.54, 1.807) is 0 Å². The van der Waals surface area contributed by atoms with Gasteiger partial charge in [-0.2, -0.15) is 0 Å². The normalized spacial score (nSPS) is 32.2. The van der Waals surface area contributed by atoms with Gasteiger partial charge in [-0.25, -0.2) is 0 Å². The van der Waals surface area contributed by atoms with E-state index in [0.29, 0.717) is 5.41 Å². The molecule has 1 unspecified atom stereocenters. The average Bonchev–Trinajstić information content (AvgIpc) is 2.43. The zero-order valence-corrected chi connectivity index (χ0v) is 11.1. The Kier molecular flexibility index (Phi) is 4.26. The molecule has 0 bridgehead atoms. The molecule has 1 aliphatic heterocycles. The molecule has 94 valence electrons. The third-order valence-electron chi connectivity index (χ3n) is 4.33. The fourth-order valence-corrected chi connectivity index (χ4v) is 3.43. The molecule has 0 spiro atoms. The highest BCUT2D eigenvalue weighted by Gasteiger charge is 2.29. The Balaban J connectivity index is 1.86. The maximum atomic E-state index is 3.54. The van der Waals surface area contributed by atoms with E-state index in [1.165, 1.54) is 64.8 Å². The lowest BCUT2D eigenvalue weighted by Crippen LogP contribution is -2.40. The molecule has 1 saturated carbocycles. The van der Waals surface area contributed by atoms with Crippen molar-refractivity contribution in [3.05, 3.63) is 0 Å². The number of hydrogen-bond donors (Lipinski definition) is 1. The van der Waals surface area contributed by atoms with Gasteiger partial charge in [0, 0.05) is 26.2 Å². The summed E-state index contributed by atoms with van der Waals surface area (Å²) in [4.78, 5) is 2.70. The SMILES string of the molecule is CC1CNCCN(CC2(C)CCCCC2)C1. The van der Waals surface area contributed by atoms with Crippen molar-refractivity contribution in [3.8, 4) is 0 Å². The monoisotopic (exact) mass is 224 g/mol. The molecular weight excluding hydrogens is 196 g/mol. The number of hydrogen-bond acceptors (Lipinski definition) is 2. The van der Waals surface area contributed by atoms with Crippen LogP contribution < -0.4 is 5.32 Å².